The monoisotopic (exact) mass is 337 g/mol. The molecule has 1 aliphatic rings. The van der Waals surface area contributed by atoms with Gasteiger partial charge in [-0.25, -0.2) is 18.2 Å². The van der Waals surface area contributed by atoms with E-state index in [-0.39, 0.29) is 18.0 Å². The van der Waals surface area contributed by atoms with Crippen LogP contribution in [-0.4, -0.2) is 26.9 Å². The minimum Gasteiger partial charge on any atom is -0.334 e. The SMILES string of the molecule is CC(C)c1nc2c(n1C)CCN(C(=O)c1cc(F)c(F)c(F)c1)C2. The average molecular weight is 337 g/mol. The van der Waals surface area contributed by atoms with E-state index >= 15 is 0 Å². The van der Waals surface area contributed by atoms with Crippen molar-refractivity contribution in [2.45, 2.75) is 32.7 Å². The first-order valence-electron chi connectivity index (χ1n) is 7.77. The van der Waals surface area contributed by atoms with Crippen LogP contribution in [0.3, 0.4) is 0 Å². The van der Waals surface area contributed by atoms with Gasteiger partial charge in [0.25, 0.3) is 5.91 Å². The number of fused-ring (bicyclic) bond motifs is 1. The minimum atomic E-state index is -1.57. The quantitative estimate of drug-likeness (QED) is 0.790. The second-order valence-electron chi connectivity index (χ2n) is 6.31. The molecule has 0 bridgehead atoms. The Balaban J connectivity index is 1.88. The highest BCUT2D eigenvalue weighted by Crippen LogP contribution is 2.25. The number of hydrogen-bond acceptors (Lipinski definition) is 2. The molecule has 0 saturated carbocycles. The summed E-state index contributed by atoms with van der Waals surface area (Å²) in [5, 5.41) is 0. The fraction of sp³-hybridized carbons (Fsp3) is 0.412. The van der Waals surface area contributed by atoms with Crippen molar-refractivity contribution in [2.24, 2.45) is 7.05 Å². The summed E-state index contributed by atoms with van der Waals surface area (Å²) in [6.07, 6.45) is 0.615. The predicted molar refractivity (Wildman–Crippen MR) is 82.1 cm³/mol. The topological polar surface area (TPSA) is 38.1 Å². The van der Waals surface area contributed by atoms with Crippen molar-refractivity contribution in [1.29, 1.82) is 0 Å². The van der Waals surface area contributed by atoms with Gasteiger partial charge in [0, 0.05) is 37.2 Å². The highest BCUT2D eigenvalue weighted by molar-refractivity contribution is 5.94. The van der Waals surface area contributed by atoms with Crippen LogP contribution >= 0.6 is 0 Å². The van der Waals surface area contributed by atoms with Crippen LogP contribution in [0.5, 0.6) is 0 Å². The largest absolute Gasteiger partial charge is 0.334 e. The Hall–Kier alpha value is -2.31. The summed E-state index contributed by atoms with van der Waals surface area (Å²) in [5.41, 5.74) is 1.66. The van der Waals surface area contributed by atoms with Crippen molar-refractivity contribution in [3.8, 4) is 0 Å². The zero-order valence-electron chi connectivity index (χ0n) is 13.7. The van der Waals surface area contributed by atoms with Crippen LogP contribution in [0, 0.1) is 17.5 Å². The van der Waals surface area contributed by atoms with Gasteiger partial charge in [-0.05, 0) is 12.1 Å². The number of imidazole rings is 1. The van der Waals surface area contributed by atoms with Crippen molar-refractivity contribution < 1.29 is 18.0 Å². The first-order chi connectivity index (χ1) is 11.3. The minimum absolute atomic E-state index is 0.199. The van der Waals surface area contributed by atoms with Crippen molar-refractivity contribution in [3.63, 3.8) is 0 Å². The lowest BCUT2D eigenvalue weighted by Gasteiger charge is -2.27. The van der Waals surface area contributed by atoms with E-state index in [9.17, 15) is 18.0 Å². The van der Waals surface area contributed by atoms with E-state index < -0.39 is 23.4 Å². The molecule has 1 amide bonds. The van der Waals surface area contributed by atoms with Crippen LogP contribution < -0.4 is 0 Å². The molecule has 1 aromatic heterocycles. The van der Waals surface area contributed by atoms with Gasteiger partial charge in [0.15, 0.2) is 17.5 Å². The third kappa shape index (κ3) is 2.68. The maximum atomic E-state index is 13.4. The molecule has 1 aromatic carbocycles. The van der Waals surface area contributed by atoms with Gasteiger partial charge >= 0.3 is 0 Å². The Morgan fingerprint density at radius 3 is 2.42 bits per heavy atom. The number of carbonyl (C=O) groups is 1. The van der Waals surface area contributed by atoms with Gasteiger partial charge in [-0.3, -0.25) is 4.79 Å². The van der Waals surface area contributed by atoms with Crippen LogP contribution in [0.25, 0.3) is 0 Å². The Morgan fingerprint density at radius 2 is 1.83 bits per heavy atom. The maximum absolute atomic E-state index is 13.4. The molecule has 0 radical (unpaired) electrons. The molecule has 0 N–H and O–H groups in total. The lowest BCUT2D eigenvalue weighted by molar-refractivity contribution is 0.0730. The summed E-state index contributed by atoms with van der Waals surface area (Å²) in [7, 11) is 1.95. The maximum Gasteiger partial charge on any atom is 0.254 e. The van der Waals surface area contributed by atoms with Crippen molar-refractivity contribution in [2.75, 3.05) is 6.54 Å². The van der Waals surface area contributed by atoms with E-state index in [4.69, 9.17) is 0 Å². The molecule has 0 saturated heterocycles. The summed E-state index contributed by atoms with van der Waals surface area (Å²) >= 11 is 0. The van der Waals surface area contributed by atoms with Gasteiger partial charge in [0.2, 0.25) is 0 Å². The standard InChI is InChI=1S/C17H18F3N3O/c1-9(2)16-21-13-8-23(5-4-14(13)22(16)3)17(24)10-6-11(18)15(20)12(19)7-10/h6-7,9H,4-5,8H2,1-3H3. The lowest BCUT2D eigenvalue weighted by atomic mass is 10.1. The second kappa shape index (κ2) is 5.96. The van der Waals surface area contributed by atoms with E-state index in [1.54, 1.807) is 0 Å². The van der Waals surface area contributed by atoms with Crippen LogP contribution in [0.15, 0.2) is 12.1 Å². The van der Waals surface area contributed by atoms with Crippen LogP contribution in [0.2, 0.25) is 0 Å². The molecule has 0 aliphatic carbocycles. The molecule has 7 heteroatoms. The predicted octanol–water partition coefficient (Wildman–Crippen LogP) is 3.16. The molecule has 3 rings (SSSR count). The van der Waals surface area contributed by atoms with Gasteiger partial charge in [0.1, 0.15) is 5.82 Å². The molecule has 24 heavy (non-hydrogen) atoms. The molecule has 128 valence electrons. The highest BCUT2D eigenvalue weighted by Gasteiger charge is 2.28. The summed E-state index contributed by atoms with van der Waals surface area (Å²) < 4.78 is 41.8. The molecule has 2 heterocycles. The van der Waals surface area contributed by atoms with Crippen molar-refractivity contribution in [3.05, 3.63) is 52.4 Å². The molecule has 4 nitrogen and oxygen atoms in total. The summed E-state index contributed by atoms with van der Waals surface area (Å²) in [5.74, 6) is -3.64. The molecule has 2 aromatic rings. The highest BCUT2D eigenvalue weighted by atomic mass is 19.2. The number of nitrogens with zero attached hydrogens (tertiary/aromatic N) is 3. The number of halogens is 3. The summed E-state index contributed by atoms with van der Waals surface area (Å²) in [6, 6.07) is 1.46. The van der Waals surface area contributed by atoms with Crippen LogP contribution in [0.1, 0.15) is 47.3 Å². The van der Waals surface area contributed by atoms with E-state index in [0.29, 0.717) is 13.0 Å². The van der Waals surface area contributed by atoms with Gasteiger partial charge < -0.3 is 9.47 Å². The number of hydrogen-bond donors (Lipinski definition) is 0. The number of rotatable bonds is 2. The zero-order valence-corrected chi connectivity index (χ0v) is 13.7. The van der Waals surface area contributed by atoms with E-state index in [0.717, 1.165) is 29.3 Å². The molecule has 0 atom stereocenters. The van der Waals surface area contributed by atoms with Gasteiger partial charge in [-0.1, -0.05) is 13.8 Å². The molecular formula is C17H18F3N3O. The number of benzene rings is 1. The fourth-order valence-electron chi connectivity index (χ4n) is 3.10. The molecule has 0 fully saturated rings. The fourth-order valence-corrected chi connectivity index (χ4v) is 3.10. The number of carbonyl (C=O) groups excluding carboxylic acids is 1. The van der Waals surface area contributed by atoms with Crippen molar-refractivity contribution >= 4 is 5.91 Å². The van der Waals surface area contributed by atoms with Gasteiger partial charge in [0.05, 0.1) is 12.2 Å². The first kappa shape index (κ1) is 16.5. The average Bonchev–Trinajstić information content (AvgIpc) is 2.88. The first-order valence-corrected chi connectivity index (χ1v) is 7.77. The molecular weight excluding hydrogens is 319 g/mol. The third-order valence-corrected chi connectivity index (χ3v) is 4.32. The normalized spacial score (nSPS) is 14.2. The summed E-state index contributed by atoms with van der Waals surface area (Å²) in [6.45, 7) is 4.78. The van der Waals surface area contributed by atoms with E-state index in [1.807, 2.05) is 25.5 Å². The number of aromatic nitrogens is 2. The molecule has 0 spiro atoms. The Bertz CT molecular complexity index is 791. The number of amides is 1. The zero-order chi connectivity index (χ0) is 17.6. The van der Waals surface area contributed by atoms with Gasteiger partial charge in [-0.15, -0.1) is 0 Å². The smallest absolute Gasteiger partial charge is 0.254 e. The van der Waals surface area contributed by atoms with Crippen molar-refractivity contribution in [1.82, 2.24) is 14.5 Å². The third-order valence-electron chi connectivity index (χ3n) is 4.32. The van der Waals surface area contributed by atoms with Crippen LogP contribution in [-0.2, 0) is 20.0 Å². The summed E-state index contributed by atoms with van der Waals surface area (Å²) in [4.78, 5) is 18.6. The Kier molecular flexibility index (Phi) is 4.11. The molecule has 0 unspecified atom stereocenters. The van der Waals surface area contributed by atoms with Crippen LogP contribution in [0.4, 0.5) is 13.2 Å². The van der Waals surface area contributed by atoms with E-state index in [1.165, 1.54) is 4.90 Å². The Labute approximate surface area is 137 Å². The second-order valence-corrected chi connectivity index (χ2v) is 6.31. The lowest BCUT2D eigenvalue weighted by Crippen LogP contribution is -2.36. The van der Waals surface area contributed by atoms with Gasteiger partial charge in [-0.2, -0.15) is 0 Å². The Morgan fingerprint density at radius 1 is 1.21 bits per heavy atom. The molecule has 1 aliphatic heterocycles. The van der Waals surface area contributed by atoms with E-state index in [2.05, 4.69) is 4.98 Å².